The van der Waals surface area contributed by atoms with Crippen molar-refractivity contribution < 1.29 is 9.18 Å². The van der Waals surface area contributed by atoms with Crippen LogP contribution in [0.1, 0.15) is 18.9 Å². The monoisotopic (exact) mass is 327 g/mol. The summed E-state index contributed by atoms with van der Waals surface area (Å²) in [5.74, 6) is -0.0582. The van der Waals surface area contributed by atoms with Gasteiger partial charge in [-0.3, -0.25) is 0 Å². The molecule has 1 fully saturated rings. The number of hydrogen-bond donors (Lipinski definition) is 1. The minimum absolute atomic E-state index is 0.0732. The van der Waals surface area contributed by atoms with Crippen LogP contribution in [0.5, 0.6) is 0 Å². The normalized spacial score (nSPS) is 22.4. The van der Waals surface area contributed by atoms with Crippen molar-refractivity contribution in [2.75, 3.05) is 27.2 Å². The molecule has 1 saturated heterocycles. The van der Waals surface area contributed by atoms with E-state index in [1.807, 2.05) is 0 Å². The molecule has 2 rings (SSSR count). The first-order valence-electron chi connectivity index (χ1n) is 7.52. The van der Waals surface area contributed by atoms with Crippen LogP contribution in [0, 0.1) is 11.7 Å². The van der Waals surface area contributed by atoms with Gasteiger partial charge in [-0.25, -0.2) is 9.18 Å². The number of likely N-dealkylation sites (tertiary alicyclic amines) is 1. The molecule has 0 unspecified atom stereocenters. The standard InChI is InChI=1S/C16H23ClFN3O/c1-11-10-20(2)8-7-14(11)21(3)16(22)19-9-12-5-4-6-13(17)15(12)18/h4-6,11,14H,7-10H2,1-3H3,(H,19,22)/t11-,14+/m0/s1. The van der Waals surface area contributed by atoms with Crippen molar-refractivity contribution >= 4 is 17.6 Å². The SMILES string of the molecule is C[C@H]1CN(C)CC[C@H]1N(C)C(=O)NCc1cccc(Cl)c1F. The van der Waals surface area contributed by atoms with Gasteiger partial charge < -0.3 is 15.1 Å². The predicted molar refractivity (Wildman–Crippen MR) is 86.5 cm³/mol. The molecule has 122 valence electrons. The Bertz CT molecular complexity index is 540. The van der Waals surface area contributed by atoms with Crippen LogP contribution in [0.3, 0.4) is 0 Å². The quantitative estimate of drug-likeness (QED) is 0.926. The second kappa shape index (κ2) is 7.29. The van der Waals surface area contributed by atoms with Gasteiger partial charge in [-0.1, -0.05) is 30.7 Å². The Morgan fingerprint density at radius 3 is 2.95 bits per heavy atom. The Labute approximate surface area is 136 Å². The molecule has 6 heteroatoms. The lowest BCUT2D eigenvalue weighted by Crippen LogP contribution is -2.52. The lowest BCUT2D eigenvalue weighted by Gasteiger charge is -2.39. The van der Waals surface area contributed by atoms with E-state index in [9.17, 15) is 9.18 Å². The summed E-state index contributed by atoms with van der Waals surface area (Å²) in [5.41, 5.74) is 0.394. The number of rotatable bonds is 3. The van der Waals surface area contributed by atoms with Crippen molar-refractivity contribution in [3.8, 4) is 0 Å². The third-order valence-corrected chi connectivity index (χ3v) is 4.63. The highest BCUT2D eigenvalue weighted by molar-refractivity contribution is 6.30. The van der Waals surface area contributed by atoms with E-state index in [4.69, 9.17) is 11.6 Å². The molecule has 0 saturated carbocycles. The maximum absolute atomic E-state index is 13.8. The third-order valence-electron chi connectivity index (χ3n) is 4.34. The molecule has 1 aliphatic rings. The van der Waals surface area contributed by atoms with Crippen molar-refractivity contribution in [1.82, 2.24) is 15.1 Å². The van der Waals surface area contributed by atoms with Crippen molar-refractivity contribution in [3.63, 3.8) is 0 Å². The summed E-state index contributed by atoms with van der Waals surface area (Å²) in [6.07, 6.45) is 0.952. The summed E-state index contributed by atoms with van der Waals surface area (Å²) in [6, 6.07) is 4.82. The highest BCUT2D eigenvalue weighted by atomic mass is 35.5. The van der Waals surface area contributed by atoms with E-state index in [-0.39, 0.29) is 23.6 Å². The van der Waals surface area contributed by atoms with Gasteiger partial charge in [0, 0.05) is 31.7 Å². The maximum Gasteiger partial charge on any atom is 0.317 e. The molecule has 4 nitrogen and oxygen atoms in total. The van der Waals surface area contributed by atoms with Crippen LogP contribution in [0.4, 0.5) is 9.18 Å². The van der Waals surface area contributed by atoms with E-state index in [0.717, 1.165) is 19.5 Å². The molecule has 0 aliphatic carbocycles. The Balaban J connectivity index is 1.93. The fourth-order valence-corrected chi connectivity index (χ4v) is 3.24. The number of urea groups is 1. The average Bonchev–Trinajstić information content (AvgIpc) is 2.48. The van der Waals surface area contributed by atoms with E-state index in [0.29, 0.717) is 11.5 Å². The zero-order chi connectivity index (χ0) is 16.3. The van der Waals surface area contributed by atoms with Crippen LogP contribution in [0.2, 0.25) is 5.02 Å². The van der Waals surface area contributed by atoms with Crippen molar-refractivity contribution in [3.05, 3.63) is 34.6 Å². The molecule has 0 bridgehead atoms. The Kier molecular flexibility index (Phi) is 5.64. The second-order valence-electron chi connectivity index (χ2n) is 6.08. The van der Waals surface area contributed by atoms with E-state index in [2.05, 4.69) is 24.2 Å². The number of halogens is 2. The first-order valence-corrected chi connectivity index (χ1v) is 7.90. The van der Waals surface area contributed by atoms with Crippen LogP contribution in [-0.2, 0) is 6.54 Å². The number of nitrogens with one attached hydrogen (secondary N) is 1. The van der Waals surface area contributed by atoms with Gasteiger partial charge in [-0.2, -0.15) is 0 Å². The van der Waals surface area contributed by atoms with E-state index in [1.165, 1.54) is 6.07 Å². The maximum atomic E-state index is 13.8. The fourth-order valence-electron chi connectivity index (χ4n) is 3.05. The number of piperidine rings is 1. The van der Waals surface area contributed by atoms with Crippen molar-refractivity contribution in [2.24, 2.45) is 5.92 Å². The Hall–Kier alpha value is -1.33. The third kappa shape index (κ3) is 3.90. The van der Waals surface area contributed by atoms with Gasteiger partial charge in [0.15, 0.2) is 0 Å². The molecular weight excluding hydrogens is 305 g/mol. The lowest BCUT2D eigenvalue weighted by atomic mass is 9.93. The van der Waals surface area contributed by atoms with Crippen molar-refractivity contribution in [2.45, 2.75) is 25.9 Å². The number of carbonyl (C=O) groups is 1. The zero-order valence-corrected chi connectivity index (χ0v) is 14.0. The first kappa shape index (κ1) is 17.0. The van der Waals surface area contributed by atoms with Crippen LogP contribution in [0.25, 0.3) is 0 Å². The fraction of sp³-hybridized carbons (Fsp3) is 0.562. The largest absolute Gasteiger partial charge is 0.334 e. The molecule has 1 heterocycles. The Morgan fingerprint density at radius 2 is 2.27 bits per heavy atom. The zero-order valence-electron chi connectivity index (χ0n) is 13.3. The van der Waals surface area contributed by atoms with E-state index in [1.54, 1.807) is 24.1 Å². The average molecular weight is 328 g/mol. The molecule has 1 aromatic carbocycles. The number of nitrogens with zero attached hydrogens (tertiary/aromatic N) is 2. The van der Waals surface area contributed by atoms with Crippen molar-refractivity contribution in [1.29, 1.82) is 0 Å². The van der Waals surface area contributed by atoms with Gasteiger partial charge >= 0.3 is 6.03 Å². The Morgan fingerprint density at radius 1 is 1.55 bits per heavy atom. The van der Waals surface area contributed by atoms with E-state index < -0.39 is 5.82 Å². The van der Waals surface area contributed by atoms with Gasteiger partial charge in [0.2, 0.25) is 0 Å². The van der Waals surface area contributed by atoms with E-state index >= 15 is 0 Å². The first-order chi connectivity index (χ1) is 10.4. The van der Waals surface area contributed by atoms with Crippen LogP contribution in [-0.4, -0.2) is 49.1 Å². The summed E-state index contributed by atoms with van der Waals surface area (Å²) in [7, 11) is 3.89. The number of hydrogen-bond acceptors (Lipinski definition) is 2. The predicted octanol–water partition coefficient (Wildman–Crippen LogP) is 2.96. The lowest BCUT2D eigenvalue weighted by molar-refractivity contribution is 0.107. The minimum Gasteiger partial charge on any atom is -0.334 e. The molecule has 1 aromatic rings. The minimum atomic E-state index is -0.472. The summed E-state index contributed by atoms with van der Waals surface area (Å²) < 4.78 is 13.8. The molecular formula is C16H23ClFN3O. The van der Waals surface area contributed by atoms with Gasteiger partial charge in [0.1, 0.15) is 5.82 Å². The molecule has 22 heavy (non-hydrogen) atoms. The molecule has 1 N–H and O–H groups in total. The molecule has 2 atom stereocenters. The molecule has 0 radical (unpaired) electrons. The van der Waals surface area contributed by atoms with Crippen LogP contribution < -0.4 is 5.32 Å². The molecule has 0 aromatic heterocycles. The summed E-state index contributed by atoms with van der Waals surface area (Å²) in [4.78, 5) is 16.3. The van der Waals surface area contributed by atoms with Gasteiger partial charge in [0.05, 0.1) is 5.02 Å². The van der Waals surface area contributed by atoms with Gasteiger partial charge in [-0.15, -0.1) is 0 Å². The highest BCUT2D eigenvalue weighted by Gasteiger charge is 2.29. The summed E-state index contributed by atoms with van der Waals surface area (Å²) in [5, 5.41) is 2.84. The summed E-state index contributed by atoms with van der Waals surface area (Å²) >= 11 is 5.74. The molecule has 1 aliphatic heterocycles. The molecule has 0 spiro atoms. The number of benzene rings is 1. The second-order valence-corrected chi connectivity index (χ2v) is 6.49. The van der Waals surface area contributed by atoms with Crippen LogP contribution >= 0.6 is 11.6 Å². The number of carbonyl (C=O) groups excluding carboxylic acids is 1. The summed E-state index contributed by atoms with van der Waals surface area (Å²) in [6.45, 7) is 4.25. The van der Waals surface area contributed by atoms with Gasteiger partial charge in [0.25, 0.3) is 0 Å². The smallest absolute Gasteiger partial charge is 0.317 e. The van der Waals surface area contributed by atoms with Gasteiger partial charge in [-0.05, 0) is 32.0 Å². The molecule has 2 amide bonds. The highest BCUT2D eigenvalue weighted by Crippen LogP contribution is 2.21. The number of amides is 2. The topological polar surface area (TPSA) is 35.6 Å². The van der Waals surface area contributed by atoms with Crippen LogP contribution in [0.15, 0.2) is 18.2 Å².